The van der Waals surface area contributed by atoms with E-state index in [1.807, 2.05) is 6.92 Å². The zero-order valence-electron chi connectivity index (χ0n) is 8.09. The van der Waals surface area contributed by atoms with E-state index in [4.69, 9.17) is 10.2 Å². The zero-order valence-corrected chi connectivity index (χ0v) is 8.09. The smallest absolute Gasteiger partial charge is 0.0641 e. The zero-order chi connectivity index (χ0) is 9.35. The van der Waals surface area contributed by atoms with Crippen molar-refractivity contribution in [3.8, 4) is 0 Å². The summed E-state index contributed by atoms with van der Waals surface area (Å²) in [6.45, 7) is 6.63. The van der Waals surface area contributed by atoms with Crippen LogP contribution in [0.15, 0.2) is 11.1 Å². The predicted molar refractivity (Wildman–Crippen MR) is 48.8 cm³/mol. The SMILES string of the molecule is C/C(CO)=C1/C[C@@H](CO)C1(C)C. The van der Waals surface area contributed by atoms with Gasteiger partial charge in [0.2, 0.25) is 0 Å². The summed E-state index contributed by atoms with van der Waals surface area (Å²) in [6.07, 6.45) is 0.954. The van der Waals surface area contributed by atoms with Crippen LogP contribution < -0.4 is 0 Å². The molecule has 0 aromatic heterocycles. The third kappa shape index (κ3) is 1.29. The van der Waals surface area contributed by atoms with Crippen molar-refractivity contribution in [3.05, 3.63) is 11.1 Å². The Hall–Kier alpha value is -0.340. The molecule has 0 radical (unpaired) electrons. The fourth-order valence-corrected chi connectivity index (χ4v) is 1.99. The van der Waals surface area contributed by atoms with Crippen molar-refractivity contribution in [2.45, 2.75) is 27.2 Å². The molecule has 1 rings (SSSR count). The first-order valence-corrected chi connectivity index (χ1v) is 4.44. The van der Waals surface area contributed by atoms with Crippen LogP contribution >= 0.6 is 0 Å². The van der Waals surface area contributed by atoms with Gasteiger partial charge in [0, 0.05) is 6.61 Å². The second kappa shape index (κ2) is 3.19. The van der Waals surface area contributed by atoms with E-state index < -0.39 is 0 Å². The van der Waals surface area contributed by atoms with E-state index in [0.29, 0.717) is 5.92 Å². The molecule has 2 N–H and O–H groups in total. The Morgan fingerprint density at radius 2 is 2.08 bits per heavy atom. The van der Waals surface area contributed by atoms with E-state index >= 15 is 0 Å². The summed E-state index contributed by atoms with van der Waals surface area (Å²) < 4.78 is 0. The van der Waals surface area contributed by atoms with Crippen LogP contribution in [0.1, 0.15) is 27.2 Å². The van der Waals surface area contributed by atoms with Crippen LogP contribution in [0, 0.1) is 11.3 Å². The van der Waals surface area contributed by atoms with Gasteiger partial charge in [0.25, 0.3) is 0 Å². The Bertz CT molecular complexity index is 204. The van der Waals surface area contributed by atoms with Crippen molar-refractivity contribution >= 4 is 0 Å². The second-order valence-electron chi connectivity index (χ2n) is 4.22. The van der Waals surface area contributed by atoms with Crippen LogP contribution in [0.3, 0.4) is 0 Å². The normalized spacial score (nSPS) is 31.2. The highest BCUT2D eigenvalue weighted by atomic mass is 16.3. The molecule has 12 heavy (non-hydrogen) atoms. The van der Waals surface area contributed by atoms with Gasteiger partial charge in [-0.2, -0.15) is 0 Å². The molecule has 1 aliphatic carbocycles. The van der Waals surface area contributed by atoms with Crippen LogP contribution in [0.25, 0.3) is 0 Å². The van der Waals surface area contributed by atoms with Crippen LogP contribution in [0.5, 0.6) is 0 Å². The van der Waals surface area contributed by atoms with Gasteiger partial charge in [-0.15, -0.1) is 0 Å². The first kappa shape index (κ1) is 9.75. The second-order valence-corrected chi connectivity index (χ2v) is 4.22. The third-order valence-corrected chi connectivity index (χ3v) is 3.22. The molecule has 0 unspecified atom stereocenters. The minimum absolute atomic E-state index is 0.0988. The highest BCUT2D eigenvalue weighted by Crippen LogP contribution is 2.51. The molecule has 1 aliphatic rings. The van der Waals surface area contributed by atoms with Crippen LogP contribution in [-0.2, 0) is 0 Å². The fraction of sp³-hybridized carbons (Fsp3) is 0.800. The van der Waals surface area contributed by atoms with Gasteiger partial charge in [-0.25, -0.2) is 0 Å². The average molecular weight is 170 g/mol. The van der Waals surface area contributed by atoms with Crippen LogP contribution in [0.4, 0.5) is 0 Å². The van der Waals surface area contributed by atoms with E-state index in [2.05, 4.69) is 13.8 Å². The van der Waals surface area contributed by atoms with Gasteiger partial charge >= 0.3 is 0 Å². The van der Waals surface area contributed by atoms with Crippen molar-refractivity contribution in [1.82, 2.24) is 0 Å². The maximum atomic E-state index is 9.01. The number of aliphatic hydroxyl groups is 2. The van der Waals surface area contributed by atoms with Gasteiger partial charge in [0.1, 0.15) is 0 Å². The molecule has 1 saturated carbocycles. The molecule has 0 aliphatic heterocycles. The minimum atomic E-state index is 0.0988. The number of allylic oxidation sites excluding steroid dienone is 1. The molecular weight excluding hydrogens is 152 g/mol. The Morgan fingerprint density at radius 3 is 2.42 bits per heavy atom. The molecule has 0 aromatic carbocycles. The Labute approximate surface area is 73.9 Å². The number of aliphatic hydroxyl groups excluding tert-OH is 2. The molecule has 70 valence electrons. The standard InChI is InChI=1S/C10H18O2/c1-7(5-11)9-4-8(6-12)10(9,2)3/h8,11-12H,4-6H2,1-3H3/b9-7+/t8-/m0/s1. The lowest BCUT2D eigenvalue weighted by atomic mass is 9.58. The van der Waals surface area contributed by atoms with E-state index in [-0.39, 0.29) is 18.6 Å². The Kier molecular flexibility index (Phi) is 2.59. The summed E-state index contributed by atoms with van der Waals surface area (Å²) in [4.78, 5) is 0. The number of hydrogen-bond donors (Lipinski definition) is 2. The first-order chi connectivity index (χ1) is 5.54. The molecule has 0 amide bonds. The monoisotopic (exact) mass is 170 g/mol. The molecular formula is C10H18O2. The van der Waals surface area contributed by atoms with Gasteiger partial charge in [0.05, 0.1) is 6.61 Å². The van der Waals surface area contributed by atoms with Gasteiger partial charge < -0.3 is 10.2 Å². The van der Waals surface area contributed by atoms with Crippen molar-refractivity contribution in [2.75, 3.05) is 13.2 Å². The number of rotatable bonds is 2. The summed E-state index contributed by atoms with van der Waals surface area (Å²) in [5, 5.41) is 17.9. The Morgan fingerprint density at radius 1 is 1.50 bits per heavy atom. The molecule has 1 fully saturated rings. The molecule has 0 saturated heterocycles. The molecule has 0 spiro atoms. The summed E-state index contributed by atoms with van der Waals surface area (Å²) in [5.41, 5.74) is 2.50. The molecule has 1 atom stereocenters. The van der Waals surface area contributed by atoms with E-state index in [1.165, 1.54) is 5.57 Å². The van der Waals surface area contributed by atoms with E-state index in [0.717, 1.165) is 12.0 Å². The van der Waals surface area contributed by atoms with E-state index in [9.17, 15) is 0 Å². The van der Waals surface area contributed by atoms with Crippen molar-refractivity contribution < 1.29 is 10.2 Å². The highest BCUT2D eigenvalue weighted by Gasteiger charge is 2.43. The van der Waals surface area contributed by atoms with Gasteiger partial charge in [-0.05, 0) is 30.3 Å². The predicted octanol–water partition coefficient (Wildman–Crippen LogP) is 1.33. The lowest BCUT2D eigenvalue weighted by molar-refractivity contribution is 0.0817. The topological polar surface area (TPSA) is 40.5 Å². The van der Waals surface area contributed by atoms with Gasteiger partial charge in [-0.3, -0.25) is 0 Å². The maximum absolute atomic E-state index is 9.01. The molecule has 2 nitrogen and oxygen atoms in total. The number of hydrogen-bond acceptors (Lipinski definition) is 2. The first-order valence-electron chi connectivity index (χ1n) is 4.44. The van der Waals surface area contributed by atoms with Crippen molar-refractivity contribution in [3.63, 3.8) is 0 Å². The summed E-state index contributed by atoms with van der Waals surface area (Å²) in [6, 6.07) is 0. The fourth-order valence-electron chi connectivity index (χ4n) is 1.99. The Balaban J connectivity index is 2.77. The molecule has 2 heteroatoms. The van der Waals surface area contributed by atoms with Gasteiger partial charge in [-0.1, -0.05) is 19.4 Å². The summed E-state index contributed by atoms with van der Waals surface area (Å²) >= 11 is 0. The lowest BCUT2D eigenvalue weighted by Crippen LogP contribution is -2.41. The van der Waals surface area contributed by atoms with Gasteiger partial charge in [0.15, 0.2) is 0 Å². The van der Waals surface area contributed by atoms with E-state index in [1.54, 1.807) is 0 Å². The molecule has 0 heterocycles. The highest BCUT2D eigenvalue weighted by molar-refractivity contribution is 5.29. The lowest BCUT2D eigenvalue weighted by Gasteiger charge is -2.48. The largest absolute Gasteiger partial charge is 0.396 e. The average Bonchev–Trinajstić information content (AvgIpc) is 2.03. The minimum Gasteiger partial charge on any atom is -0.396 e. The van der Waals surface area contributed by atoms with Crippen LogP contribution in [-0.4, -0.2) is 23.4 Å². The van der Waals surface area contributed by atoms with Crippen molar-refractivity contribution in [2.24, 2.45) is 11.3 Å². The third-order valence-electron chi connectivity index (χ3n) is 3.22. The molecule has 0 aromatic rings. The van der Waals surface area contributed by atoms with Crippen molar-refractivity contribution in [1.29, 1.82) is 0 Å². The van der Waals surface area contributed by atoms with Crippen LogP contribution in [0.2, 0.25) is 0 Å². The summed E-state index contributed by atoms with van der Waals surface area (Å²) in [7, 11) is 0. The quantitative estimate of drug-likeness (QED) is 0.614. The summed E-state index contributed by atoms with van der Waals surface area (Å²) in [5.74, 6) is 0.383. The molecule has 0 bridgehead atoms. The maximum Gasteiger partial charge on any atom is 0.0641 e.